The van der Waals surface area contributed by atoms with E-state index >= 15 is 0 Å². The molecule has 3 aliphatic rings. The van der Waals surface area contributed by atoms with Gasteiger partial charge in [-0.3, -0.25) is 9.89 Å². The average Bonchev–Trinajstić information content (AvgIpc) is 3.54. The lowest BCUT2D eigenvalue weighted by Crippen LogP contribution is -2.53. The molecule has 168 valence electrons. The number of ether oxygens (including phenoxy) is 1. The van der Waals surface area contributed by atoms with Crippen molar-refractivity contribution in [3.05, 3.63) is 41.1 Å². The van der Waals surface area contributed by atoms with Crippen LogP contribution in [0.1, 0.15) is 58.4 Å². The number of nitrogens with two attached hydrogens (primary N) is 1. The van der Waals surface area contributed by atoms with Crippen LogP contribution in [0.15, 0.2) is 40.5 Å². The van der Waals surface area contributed by atoms with Gasteiger partial charge in [0, 0.05) is 43.0 Å². The van der Waals surface area contributed by atoms with Gasteiger partial charge in [0.2, 0.25) is 0 Å². The third kappa shape index (κ3) is 5.67. The summed E-state index contributed by atoms with van der Waals surface area (Å²) < 4.78 is 5.67. The minimum Gasteiger partial charge on any atom is -0.444 e. The normalized spacial score (nSPS) is 23.5. The van der Waals surface area contributed by atoms with Crippen LogP contribution in [0.3, 0.4) is 0 Å². The molecule has 0 radical (unpaired) electrons. The van der Waals surface area contributed by atoms with Gasteiger partial charge in [-0.15, -0.1) is 0 Å². The van der Waals surface area contributed by atoms with E-state index in [-0.39, 0.29) is 12.1 Å². The quantitative estimate of drug-likeness (QED) is 0.754. The van der Waals surface area contributed by atoms with Gasteiger partial charge >= 0.3 is 6.09 Å². The number of benzene rings is 1. The van der Waals surface area contributed by atoms with E-state index in [2.05, 4.69) is 29.6 Å². The van der Waals surface area contributed by atoms with E-state index in [0.717, 1.165) is 48.0 Å². The van der Waals surface area contributed by atoms with Crippen molar-refractivity contribution < 1.29 is 9.53 Å². The summed E-state index contributed by atoms with van der Waals surface area (Å²) in [6.07, 6.45) is 6.40. The Bertz CT molecular complexity index is 863. The summed E-state index contributed by atoms with van der Waals surface area (Å²) >= 11 is 0. The van der Waals surface area contributed by atoms with Crippen LogP contribution in [-0.4, -0.2) is 48.0 Å². The zero-order valence-corrected chi connectivity index (χ0v) is 19.1. The molecule has 0 aromatic heterocycles. The second kappa shape index (κ2) is 9.03. The maximum absolute atomic E-state index is 12.9. The second-order valence-electron chi connectivity index (χ2n) is 10.0. The average molecular weight is 425 g/mol. The number of hydrogen-bond donors (Lipinski definition) is 2. The second-order valence-corrected chi connectivity index (χ2v) is 10.0. The van der Waals surface area contributed by atoms with Gasteiger partial charge in [0.15, 0.2) is 0 Å². The Kier molecular flexibility index (Phi) is 6.37. The number of carbonyl (C=O) groups is 1. The molecule has 1 saturated carbocycles. The maximum Gasteiger partial charge on any atom is 0.410 e. The number of carbonyl (C=O) groups excluding carboxylic acids is 1. The fourth-order valence-corrected chi connectivity index (χ4v) is 4.40. The number of nitrogens with one attached hydrogen (secondary N) is 1. The lowest BCUT2D eigenvalue weighted by molar-refractivity contribution is 0.0191. The highest BCUT2D eigenvalue weighted by atomic mass is 16.6. The number of likely N-dealkylation sites (tertiary alicyclic amines) is 1. The molecule has 1 aromatic carbocycles. The molecule has 1 atom stereocenters. The summed E-state index contributed by atoms with van der Waals surface area (Å²) in [4.78, 5) is 19.7. The number of nitrogens with zero attached hydrogens (tertiary/aromatic N) is 2. The van der Waals surface area contributed by atoms with E-state index in [9.17, 15) is 4.79 Å². The monoisotopic (exact) mass is 424 g/mol. The van der Waals surface area contributed by atoms with Crippen molar-refractivity contribution in [2.24, 2.45) is 16.6 Å². The Hall–Kier alpha value is -2.34. The summed E-state index contributed by atoms with van der Waals surface area (Å²) in [5, 5.41) is 3.42. The number of fused-ring (bicyclic) bond motifs is 1. The number of hydrogen-bond acceptors (Lipinski definition) is 5. The third-order valence-corrected chi connectivity index (χ3v) is 6.23. The predicted molar refractivity (Wildman–Crippen MR) is 125 cm³/mol. The predicted octanol–water partition coefficient (Wildman–Crippen LogP) is 4.32. The van der Waals surface area contributed by atoms with Crippen molar-refractivity contribution in [3.63, 3.8) is 0 Å². The van der Waals surface area contributed by atoms with E-state index in [1.807, 2.05) is 25.7 Å². The van der Waals surface area contributed by atoms with Crippen LogP contribution in [0, 0.1) is 5.92 Å². The molecular weight excluding hydrogens is 388 g/mol. The maximum atomic E-state index is 12.9. The van der Waals surface area contributed by atoms with Crippen LogP contribution in [0.2, 0.25) is 0 Å². The molecule has 2 aliphatic heterocycles. The summed E-state index contributed by atoms with van der Waals surface area (Å²) in [6, 6.07) is 8.46. The molecule has 6 heteroatoms. The first kappa shape index (κ1) is 21.9. The molecule has 1 aliphatic carbocycles. The summed E-state index contributed by atoms with van der Waals surface area (Å²) in [7, 11) is 0. The first-order valence-corrected chi connectivity index (χ1v) is 11.7. The molecule has 31 heavy (non-hydrogen) atoms. The van der Waals surface area contributed by atoms with Crippen LogP contribution in [0.5, 0.6) is 0 Å². The van der Waals surface area contributed by atoms with Crippen LogP contribution < -0.4 is 11.1 Å². The van der Waals surface area contributed by atoms with Gasteiger partial charge in [-0.05, 0) is 63.6 Å². The van der Waals surface area contributed by atoms with E-state index in [1.165, 1.54) is 24.8 Å². The van der Waals surface area contributed by atoms with Gasteiger partial charge in [-0.2, -0.15) is 0 Å². The molecule has 6 nitrogen and oxygen atoms in total. The number of piperidine rings is 1. The van der Waals surface area contributed by atoms with E-state index in [1.54, 1.807) is 0 Å². The Morgan fingerprint density at radius 2 is 1.97 bits per heavy atom. The number of aliphatic imine (C=N–C) groups is 1. The SMILES string of the molecule is CC(C)(C)OC(=O)N1CCC(=Nc2ccc(CCC3CC3)cc2)C2=C(N)CCNCC21. The first-order chi connectivity index (χ1) is 14.8. The summed E-state index contributed by atoms with van der Waals surface area (Å²) in [6.45, 7) is 7.73. The number of rotatable bonds is 4. The van der Waals surface area contributed by atoms with Gasteiger partial charge in [0.25, 0.3) is 0 Å². The van der Waals surface area contributed by atoms with Crippen LogP contribution in [-0.2, 0) is 11.2 Å². The fraction of sp³-hybridized carbons (Fsp3) is 0.600. The van der Waals surface area contributed by atoms with E-state index in [0.29, 0.717) is 19.5 Å². The molecule has 0 bridgehead atoms. The lowest BCUT2D eigenvalue weighted by atomic mass is 9.91. The molecule has 1 unspecified atom stereocenters. The standard InChI is InChI=1S/C25H36N4O2/c1-25(2,3)31-24(30)29-15-13-21(23-20(26)12-14-27-16-22(23)29)28-19-10-8-18(9-11-19)7-6-17-4-5-17/h8-11,17,22,27H,4-7,12-16,26H2,1-3H3. The van der Waals surface area contributed by atoms with Gasteiger partial charge in [-0.1, -0.05) is 25.0 Å². The minimum atomic E-state index is -0.527. The summed E-state index contributed by atoms with van der Waals surface area (Å²) in [5.41, 5.74) is 11.1. The molecule has 1 amide bonds. The molecule has 1 saturated heterocycles. The van der Waals surface area contributed by atoms with Crippen LogP contribution in [0.4, 0.5) is 10.5 Å². The Labute approximate surface area is 185 Å². The minimum absolute atomic E-state index is 0.150. The highest BCUT2D eigenvalue weighted by Gasteiger charge is 2.38. The van der Waals surface area contributed by atoms with E-state index < -0.39 is 5.60 Å². The largest absolute Gasteiger partial charge is 0.444 e. The molecule has 3 N–H and O–H groups in total. The number of aryl methyl sites for hydroxylation is 1. The smallest absolute Gasteiger partial charge is 0.410 e. The molecule has 2 fully saturated rings. The zero-order chi connectivity index (χ0) is 22.0. The van der Waals surface area contributed by atoms with E-state index in [4.69, 9.17) is 15.5 Å². The Morgan fingerprint density at radius 1 is 1.23 bits per heavy atom. The molecule has 0 spiro atoms. The summed E-state index contributed by atoms with van der Waals surface area (Å²) in [5.74, 6) is 0.950. The van der Waals surface area contributed by atoms with Gasteiger partial charge in [-0.25, -0.2) is 4.79 Å². The van der Waals surface area contributed by atoms with Crippen molar-refractivity contribution in [2.75, 3.05) is 19.6 Å². The van der Waals surface area contributed by atoms with Crippen molar-refractivity contribution in [1.82, 2.24) is 10.2 Å². The molecular formula is C25H36N4O2. The Morgan fingerprint density at radius 3 is 2.65 bits per heavy atom. The first-order valence-electron chi connectivity index (χ1n) is 11.7. The highest BCUT2D eigenvalue weighted by molar-refractivity contribution is 6.05. The van der Waals surface area contributed by atoms with Crippen molar-refractivity contribution in [3.8, 4) is 0 Å². The zero-order valence-electron chi connectivity index (χ0n) is 19.1. The number of amides is 1. The molecule has 4 rings (SSSR count). The molecule has 2 heterocycles. The Balaban J connectivity index is 1.55. The lowest BCUT2D eigenvalue weighted by Gasteiger charge is -2.39. The van der Waals surface area contributed by atoms with Gasteiger partial charge in [0.1, 0.15) is 5.60 Å². The van der Waals surface area contributed by atoms with Gasteiger partial charge in [0.05, 0.1) is 11.7 Å². The van der Waals surface area contributed by atoms with Gasteiger partial charge < -0.3 is 15.8 Å². The molecule has 1 aromatic rings. The topological polar surface area (TPSA) is 80.0 Å². The van der Waals surface area contributed by atoms with Crippen molar-refractivity contribution in [2.45, 2.75) is 70.9 Å². The fourth-order valence-electron chi connectivity index (χ4n) is 4.40. The van der Waals surface area contributed by atoms with Crippen molar-refractivity contribution >= 4 is 17.5 Å². The van der Waals surface area contributed by atoms with Crippen LogP contribution >= 0.6 is 0 Å². The van der Waals surface area contributed by atoms with Crippen LogP contribution in [0.25, 0.3) is 0 Å². The van der Waals surface area contributed by atoms with Crippen molar-refractivity contribution in [1.29, 1.82) is 0 Å². The third-order valence-electron chi connectivity index (χ3n) is 6.23. The highest BCUT2D eigenvalue weighted by Crippen LogP contribution is 2.34.